The largest absolute Gasteiger partial charge is 0.486 e. The zero-order chi connectivity index (χ0) is 23.6. The van der Waals surface area contributed by atoms with Gasteiger partial charge in [-0.3, -0.25) is 19.7 Å². The summed E-state index contributed by atoms with van der Waals surface area (Å²) in [7, 11) is 0. The molecular weight excluding hydrogens is 428 g/mol. The van der Waals surface area contributed by atoms with Crippen LogP contribution >= 0.6 is 0 Å². The summed E-state index contributed by atoms with van der Waals surface area (Å²) in [6.45, 7) is 3.88. The van der Waals surface area contributed by atoms with Crippen molar-refractivity contribution in [2.45, 2.75) is 44.9 Å². The first-order chi connectivity index (χ1) is 15.8. The van der Waals surface area contributed by atoms with E-state index < -0.39 is 28.8 Å². The number of nitro benzene ring substituents is 1. The van der Waals surface area contributed by atoms with Gasteiger partial charge in [-0.05, 0) is 55.5 Å². The lowest BCUT2D eigenvalue weighted by Crippen LogP contribution is -2.36. The maximum Gasteiger partial charge on any atom is 0.317 e. The Morgan fingerprint density at radius 2 is 1.79 bits per heavy atom. The highest BCUT2D eigenvalue weighted by Crippen LogP contribution is 2.45. The van der Waals surface area contributed by atoms with Gasteiger partial charge in [0.15, 0.2) is 18.1 Å². The van der Waals surface area contributed by atoms with Crippen LogP contribution in [0.3, 0.4) is 0 Å². The Morgan fingerprint density at radius 1 is 1.09 bits per heavy atom. The number of esters is 1. The summed E-state index contributed by atoms with van der Waals surface area (Å²) >= 11 is 0. The highest BCUT2D eigenvalue weighted by molar-refractivity contribution is 5.96. The second-order valence-corrected chi connectivity index (χ2v) is 8.43. The molecule has 2 aromatic carbocycles. The van der Waals surface area contributed by atoms with E-state index in [1.54, 1.807) is 26.0 Å². The highest BCUT2D eigenvalue weighted by Gasteiger charge is 2.45. The zero-order valence-corrected chi connectivity index (χ0v) is 18.6. The SMILES string of the molecule is Cc1ccc([N+](=O)[O-])c(NC(=O)COC(=O)C2(c3ccc4c(c3)OCCO4)CCCC2)c1C. The number of anilines is 1. The van der Waals surface area contributed by atoms with Crippen LogP contribution in [0.5, 0.6) is 11.5 Å². The quantitative estimate of drug-likeness (QED) is 0.399. The fourth-order valence-corrected chi connectivity index (χ4v) is 4.49. The Hall–Kier alpha value is -3.62. The van der Waals surface area contributed by atoms with Crippen LogP contribution in [0.25, 0.3) is 0 Å². The van der Waals surface area contributed by atoms with Crippen molar-refractivity contribution in [2.24, 2.45) is 0 Å². The third-order valence-corrected chi connectivity index (χ3v) is 6.45. The molecule has 9 nitrogen and oxygen atoms in total. The van der Waals surface area contributed by atoms with Crippen LogP contribution in [-0.4, -0.2) is 36.6 Å². The number of hydrogen-bond donors (Lipinski definition) is 1. The van der Waals surface area contributed by atoms with Crippen molar-refractivity contribution >= 4 is 23.3 Å². The van der Waals surface area contributed by atoms with Crippen LogP contribution < -0.4 is 14.8 Å². The summed E-state index contributed by atoms with van der Waals surface area (Å²) in [5.41, 5.74) is 1.22. The van der Waals surface area contributed by atoms with Gasteiger partial charge in [0.25, 0.3) is 11.6 Å². The predicted octanol–water partition coefficient (Wildman–Crippen LogP) is 3.98. The zero-order valence-electron chi connectivity index (χ0n) is 18.6. The molecule has 1 N–H and O–H groups in total. The van der Waals surface area contributed by atoms with Crippen LogP contribution in [-0.2, 0) is 19.7 Å². The van der Waals surface area contributed by atoms with Gasteiger partial charge in [-0.1, -0.05) is 25.0 Å². The smallest absolute Gasteiger partial charge is 0.317 e. The summed E-state index contributed by atoms with van der Waals surface area (Å²) < 4.78 is 16.7. The van der Waals surface area contributed by atoms with E-state index in [1.165, 1.54) is 6.07 Å². The van der Waals surface area contributed by atoms with Crippen molar-refractivity contribution < 1.29 is 28.7 Å². The molecule has 4 rings (SSSR count). The number of carbonyl (C=O) groups is 2. The van der Waals surface area contributed by atoms with Crippen molar-refractivity contribution in [3.8, 4) is 11.5 Å². The van der Waals surface area contributed by atoms with E-state index in [2.05, 4.69) is 5.32 Å². The molecule has 174 valence electrons. The second-order valence-electron chi connectivity index (χ2n) is 8.43. The predicted molar refractivity (Wildman–Crippen MR) is 120 cm³/mol. The maximum atomic E-state index is 13.2. The first-order valence-corrected chi connectivity index (χ1v) is 10.9. The van der Waals surface area contributed by atoms with Crippen molar-refractivity contribution in [1.29, 1.82) is 0 Å². The van der Waals surface area contributed by atoms with E-state index >= 15 is 0 Å². The lowest BCUT2D eigenvalue weighted by atomic mass is 9.78. The lowest BCUT2D eigenvalue weighted by Gasteiger charge is -2.28. The topological polar surface area (TPSA) is 117 Å². The van der Waals surface area contributed by atoms with Crippen molar-refractivity contribution in [2.75, 3.05) is 25.1 Å². The van der Waals surface area contributed by atoms with E-state index in [-0.39, 0.29) is 11.4 Å². The normalized spacial score (nSPS) is 16.2. The number of nitrogens with zero attached hydrogens (tertiary/aromatic N) is 1. The van der Waals surface area contributed by atoms with Gasteiger partial charge in [0.2, 0.25) is 0 Å². The number of nitrogens with one attached hydrogen (secondary N) is 1. The number of rotatable bonds is 6. The molecule has 9 heteroatoms. The number of nitro groups is 1. The summed E-state index contributed by atoms with van der Waals surface area (Å²) in [6.07, 6.45) is 2.94. The van der Waals surface area contributed by atoms with Gasteiger partial charge in [0.05, 0.1) is 10.3 Å². The molecule has 1 amide bonds. The number of ether oxygens (including phenoxy) is 3. The van der Waals surface area contributed by atoms with Crippen LogP contribution in [0.4, 0.5) is 11.4 Å². The van der Waals surface area contributed by atoms with Crippen molar-refractivity contribution in [1.82, 2.24) is 0 Å². The molecule has 1 heterocycles. The molecule has 0 bridgehead atoms. The Balaban J connectivity index is 1.49. The first-order valence-electron chi connectivity index (χ1n) is 10.9. The average molecular weight is 454 g/mol. The minimum absolute atomic E-state index is 0.114. The molecule has 1 fully saturated rings. The van der Waals surface area contributed by atoms with E-state index in [0.29, 0.717) is 43.1 Å². The van der Waals surface area contributed by atoms with Gasteiger partial charge in [-0.15, -0.1) is 0 Å². The number of fused-ring (bicyclic) bond motifs is 1. The number of hydrogen-bond acceptors (Lipinski definition) is 7. The standard InChI is InChI=1S/C24H26N2O7/c1-15-5-7-18(26(29)30)22(16(15)2)25-21(27)14-33-23(28)24(9-3-4-10-24)17-6-8-19-20(13-17)32-12-11-31-19/h5-8,13H,3-4,9-12,14H2,1-2H3,(H,25,27). The molecular formula is C24H26N2O7. The van der Waals surface area contributed by atoms with Crippen LogP contribution in [0.15, 0.2) is 30.3 Å². The van der Waals surface area contributed by atoms with E-state index in [1.807, 2.05) is 12.1 Å². The van der Waals surface area contributed by atoms with Gasteiger partial charge >= 0.3 is 5.97 Å². The van der Waals surface area contributed by atoms with Gasteiger partial charge in [-0.2, -0.15) is 0 Å². The number of amides is 1. The minimum Gasteiger partial charge on any atom is -0.486 e. The summed E-state index contributed by atoms with van der Waals surface area (Å²) in [5.74, 6) is 0.122. The molecule has 2 aromatic rings. The second kappa shape index (κ2) is 9.09. The number of carbonyl (C=O) groups excluding carboxylic acids is 2. The molecule has 0 spiro atoms. The molecule has 0 aromatic heterocycles. The van der Waals surface area contributed by atoms with Crippen LogP contribution in [0.1, 0.15) is 42.4 Å². The molecule has 1 aliphatic carbocycles. The molecule has 33 heavy (non-hydrogen) atoms. The number of benzene rings is 2. The molecule has 0 saturated heterocycles. The monoisotopic (exact) mass is 454 g/mol. The van der Waals surface area contributed by atoms with E-state index in [0.717, 1.165) is 24.0 Å². The average Bonchev–Trinajstić information content (AvgIpc) is 3.31. The Bertz CT molecular complexity index is 1110. The fourth-order valence-electron chi connectivity index (χ4n) is 4.49. The summed E-state index contributed by atoms with van der Waals surface area (Å²) in [5, 5.41) is 13.9. The first kappa shape index (κ1) is 22.6. The van der Waals surface area contributed by atoms with E-state index in [4.69, 9.17) is 14.2 Å². The maximum absolute atomic E-state index is 13.2. The number of aryl methyl sites for hydroxylation is 1. The minimum atomic E-state index is -0.860. The summed E-state index contributed by atoms with van der Waals surface area (Å²) in [4.78, 5) is 36.6. The third kappa shape index (κ3) is 4.35. The van der Waals surface area contributed by atoms with Gasteiger partial charge in [0, 0.05) is 6.07 Å². The molecule has 1 aliphatic heterocycles. The third-order valence-electron chi connectivity index (χ3n) is 6.45. The lowest BCUT2D eigenvalue weighted by molar-refractivity contribution is -0.384. The van der Waals surface area contributed by atoms with Crippen molar-refractivity contribution in [3.05, 3.63) is 57.1 Å². The van der Waals surface area contributed by atoms with Gasteiger partial charge in [-0.25, -0.2) is 0 Å². The molecule has 0 unspecified atom stereocenters. The Kier molecular flexibility index (Phi) is 6.22. The van der Waals surface area contributed by atoms with Crippen LogP contribution in [0.2, 0.25) is 0 Å². The molecule has 0 radical (unpaired) electrons. The van der Waals surface area contributed by atoms with E-state index in [9.17, 15) is 19.7 Å². The van der Waals surface area contributed by atoms with Crippen molar-refractivity contribution in [3.63, 3.8) is 0 Å². The Labute approximate surface area is 191 Å². The molecule has 2 aliphatic rings. The molecule has 0 atom stereocenters. The van der Waals surface area contributed by atoms with Gasteiger partial charge < -0.3 is 19.5 Å². The molecule has 1 saturated carbocycles. The Morgan fingerprint density at radius 3 is 2.48 bits per heavy atom. The highest BCUT2D eigenvalue weighted by atomic mass is 16.6. The fraction of sp³-hybridized carbons (Fsp3) is 0.417. The van der Waals surface area contributed by atoms with Crippen LogP contribution in [0, 0.1) is 24.0 Å². The summed E-state index contributed by atoms with van der Waals surface area (Å²) in [6, 6.07) is 8.43. The van der Waals surface area contributed by atoms with Gasteiger partial charge in [0.1, 0.15) is 18.9 Å².